The van der Waals surface area contributed by atoms with Crippen LogP contribution in [0.2, 0.25) is 0 Å². The summed E-state index contributed by atoms with van der Waals surface area (Å²) >= 11 is 2.72. The normalized spacial score (nSPS) is 11.0. The molecule has 0 unspecified atom stereocenters. The monoisotopic (exact) mass is 481 g/mol. The molecule has 1 N–H and O–H groups in total. The standard InChI is InChI=1S/C24H23N3O4S2/c1-5-31-24(30)20-17(16-9-7-6-8-10-16)12-32-21(20)26-18(28)11-27-15(4)25-22-19(23(27)29)13(2)14(3)33-22/h6-10,12H,5,11H2,1-4H3,(H,26,28). The predicted octanol–water partition coefficient (Wildman–Crippen LogP) is 4.93. The average molecular weight is 482 g/mol. The first-order chi connectivity index (χ1) is 15.8. The molecule has 0 aliphatic carbocycles. The number of aryl methyl sites for hydroxylation is 3. The Balaban J connectivity index is 1.67. The van der Waals surface area contributed by atoms with Crippen molar-refractivity contribution in [2.24, 2.45) is 0 Å². The molecule has 9 heteroatoms. The lowest BCUT2D eigenvalue weighted by Crippen LogP contribution is -2.30. The third kappa shape index (κ3) is 4.34. The van der Waals surface area contributed by atoms with Crippen LogP contribution >= 0.6 is 22.7 Å². The van der Waals surface area contributed by atoms with E-state index in [1.807, 2.05) is 49.6 Å². The van der Waals surface area contributed by atoms with Crippen LogP contribution in [0.1, 0.15) is 33.5 Å². The van der Waals surface area contributed by atoms with Crippen molar-refractivity contribution >= 4 is 49.8 Å². The zero-order chi connectivity index (χ0) is 23.7. The molecule has 0 saturated carbocycles. The second kappa shape index (κ2) is 9.29. The van der Waals surface area contributed by atoms with Gasteiger partial charge in [0.2, 0.25) is 5.91 Å². The Morgan fingerprint density at radius 2 is 1.88 bits per heavy atom. The number of nitrogens with zero attached hydrogens (tertiary/aromatic N) is 2. The van der Waals surface area contributed by atoms with Gasteiger partial charge in [0.15, 0.2) is 0 Å². The molecule has 0 atom stereocenters. The Labute approximate surface area is 198 Å². The number of fused-ring (bicyclic) bond motifs is 1. The van der Waals surface area contributed by atoms with Crippen LogP contribution in [0.4, 0.5) is 5.00 Å². The van der Waals surface area contributed by atoms with Crippen LogP contribution in [0.15, 0.2) is 40.5 Å². The van der Waals surface area contributed by atoms with Crippen LogP contribution in [-0.4, -0.2) is 28.0 Å². The Bertz CT molecular complexity index is 1420. The third-order valence-corrected chi connectivity index (χ3v) is 7.39. The van der Waals surface area contributed by atoms with Crippen molar-refractivity contribution in [1.82, 2.24) is 9.55 Å². The molecule has 1 amide bonds. The van der Waals surface area contributed by atoms with E-state index >= 15 is 0 Å². The van der Waals surface area contributed by atoms with E-state index in [4.69, 9.17) is 4.74 Å². The summed E-state index contributed by atoms with van der Waals surface area (Å²) in [5.74, 6) is -0.461. The van der Waals surface area contributed by atoms with Crippen LogP contribution in [0.5, 0.6) is 0 Å². The number of carbonyl (C=O) groups excluding carboxylic acids is 2. The lowest BCUT2D eigenvalue weighted by molar-refractivity contribution is -0.116. The van der Waals surface area contributed by atoms with Gasteiger partial charge in [0, 0.05) is 15.8 Å². The zero-order valence-electron chi connectivity index (χ0n) is 18.7. The van der Waals surface area contributed by atoms with Gasteiger partial charge in [-0.05, 0) is 38.8 Å². The summed E-state index contributed by atoms with van der Waals surface area (Å²) in [4.78, 5) is 45.0. The largest absolute Gasteiger partial charge is 0.462 e. The molecule has 0 saturated heterocycles. The van der Waals surface area contributed by atoms with E-state index in [-0.39, 0.29) is 18.7 Å². The fourth-order valence-corrected chi connectivity index (χ4v) is 5.65. The fourth-order valence-electron chi connectivity index (χ4n) is 3.61. The van der Waals surface area contributed by atoms with Crippen molar-refractivity contribution in [3.63, 3.8) is 0 Å². The molecule has 3 aromatic heterocycles. The molecule has 0 fully saturated rings. The van der Waals surface area contributed by atoms with Gasteiger partial charge in [0.25, 0.3) is 5.56 Å². The lowest BCUT2D eigenvalue weighted by atomic mass is 10.0. The van der Waals surface area contributed by atoms with E-state index < -0.39 is 11.9 Å². The van der Waals surface area contributed by atoms with Gasteiger partial charge in [0.05, 0.1) is 12.0 Å². The number of carbonyl (C=O) groups is 2. The molecule has 4 aromatic rings. The number of nitrogens with one attached hydrogen (secondary N) is 1. The SMILES string of the molecule is CCOC(=O)c1c(-c2ccccc2)csc1NC(=O)Cn1c(C)nc2sc(C)c(C)c2c1=O. The first kappa shape index (κ1) is 22.9. The number of anilines is 1. The Kier molecular flexibility index (Phi) is 6.44. The number of esters is 1. The number of hydrogen-bond acceptors (Lipinski definition) is 7. The highest BCUT2D eigenvalue weighted by atomic mass is 32.1. The van der Waals surface area contributed by atoms with Crippen LogP contribution in [0, 0.1) is 20.8 Å². The van der Waals surface area contributed by atoms with Crippen molar-refractivity contribution in [3.8, 4) is 11.1 Å². The molecule has 0 bridgehead atoms. The maximum absolute atomic E-state index is 13.1. The Morgan fingerprint density at radius 1 is 1.15 bits per heavy atom. The topological polar surface area (TPSA) is 90.3 Å². The van der Waals surface area contributed by atoms with E-state index in [2.05, 4.69) is 10.3 Å². The fraction of sp³-hybridized carbons (Fsp3) is 0.250. The smallest absolute Gasteiger partial charge is 0.341 e. The van der Waals surface area contributed by atoms with Gasteiger partial charge in [-0.3, -0.25) is 14.2 Å². The van der Waals surface area contributed by atoms with Crippen molar-refractivity contribution in [3.05, 3.63) is 67.9 Å². The minimum atomic E-state index is -0.506. The van der Waals surface area contributed by atoms with Crippen LogP contribution < -0.4 is 10.9 Å². The summed E-state index contributed by atoms with van der Waals surface area (Å²) in [7, 11) is 0. The maximum Gasteiger partial charge on any atom is 0.341 e. The molecule has 0 aliphatic heterocycles. The zero-order valence-corrected chi connectivity index (χ0v) is 20.4. The van der Waals surface area contributed by atoms with Crippen LogP contribution in [-0.2, 0) is 16.1 Å². The molecule has 0 spiro atoms. The second-order valence-corrected chi connectivity index (χ2v) is 9.58. The van der Waals surface area contributed by atoms with Crippen LogP contribution in [0.3, 0.4) is 0 Å². The quantitative estimate of drug-likeness (QED) is 0.395. The maximum atomic E-state index is 13.1. The van der Waals surface area contributed by atoms with Crippen molar-refractivity contribution in [1.29, 1.82) is 0 Å². The Hall–Kier alpha value is -3.30. The molecule has 3 heterocycles. The molecular formula is C24H23N3O4S2. The molecule has 170 valence electrons. The molecular weight excluding hydrogens is 458 g/mol. The molecule has 33 heavy (non-hydrogen) atoms. The first-order valence-electron chi connectivity index (χ1n) is 10.4. The number of aromatic nitrogens is 2. The van der Waals surface area contributed by atoms with Crippen molar-refractivity contribution in [2.75, 3.05) is 11.9 Å². The predicted molar refractivity (Wildman–Crippen MR) is 132 cm³/mol. The highest BCUT2D eigenvalue weighted by Gasteiger charge is 2.23. The summed E-state index contributed by atoms with van der Waals surface area (Å²) in [6, 6.07) is 9.44. The van der Waals surface area contributed by atoms with Gasteiger partial charge in [0.1, 0.15) is 27.8 Å². The van der Waals surface area contributed by atoms with Gasteiger partial charge in [-0.15, -0.1) is 22.7 Å². The van der Waals surface area contributed by atoms with E-state index in [9.17, 15) is 14.4 Å². The minimum absolute atomic E-state index is 0.206. The summed E-state index contributed by atoms with van der Waals surface area (Å²) < 4.78 is 6.61. The van der Waals surface area contributed by atoms with Crippen molar-refractivity contribution in [2.45, 2.75) is 34.2 Å². The van der Waals surface area contributed by atoms with Gasteiger partial charge < -0.3 is 10.1 Å². The molecule has 1 aromatic carbocycles. The Morgan fingerprint density at radius 3 is 2.58 bits per heavy atom. The van der Waals surface area contributed by atoms with E-state index in [1.165, 1.54) is 27.2 Å². The van der Waals surface area contributed by atoms with E-state index in [0.29, 0.717) is 32.2 Å². The number of rotatable bonds is 6. The number of hydrogen-bond donors (Lipinski definition) is 1. The molecule has 7 nitrogen and oxygen atoms in total. The van der Waals surface area contributed by atoms with Gasteiger partial charge in [-0.25, -0.2) is 9.78 Å². The van der Waals surface area contributed by atoms with Crippen molar-refractivity contribution < 1.29 is 14.3 Å². The van der Waals surface area contributed by atoms with E-state index in [0.717, 1.165) is 16.0 Å². The average Bonchev–Trinajstić information content (AvgIpc) is 3.32. The number of ether oxygens (including phenoxy) is 1. The lowest BCUT2D eigenvalue weighted by Gasteiger charge is -2.11. The molecule has 0 radical (unpaired) electrons. The number of amides is 1. The summed E-state index contributed by atoms with van der Waals surface area (Å²) in [6.45, 7) is 7.29. The summed E-state index contributed by atoms with van der Waals surface area (Å²) in [6.07, 6.45) is 0. The summed E-state index contributed by atoms with van der Waals surface area (Å²) in [5.41, 5.74) is 2.49. The van der Waals surface area contributed by atoms with Gasteiger partial charge in [-0.2, -0.15) is 0 Å². The first-order valence-corrected chi connectivity index (χ1v) is 12.1. The highest BCUT2D eigenvalue weighted by molar-refractivity contribution is 7.18. The van der Waals surface area contributed by atoms with Gasteiger partial charge in [-0.1, -0.05) is 30.3 Å². The third-order valence-electron chi connectivity index (χ3n) is 5.39. The van der Waals surface area contributed by atoms with Gasteiger partial charge >= 0.3 is 5.97 Å². The molecule has 4 rings (SSSR count). The highest BCUT2D eigenvalue weighted by Crippen LogP contribution is 2.36. The second-order valence-electron chi connectivity index (χ2n) is 7.50. The number of thiophene rings is 2. The van der Waals surface area contributed by atoms with Crippen LogP contribution in [0.25, 0.3) is 21.3 Å². The minimum Gasteiger partial charge on any atom is -0.462 e. The number of benzene rings is 1. The van der Waals surface area contributed by atoms with E-state index in [1.54, 1.807) is 13.8 Å². The molecule has 0 aliphatic rings. The summed E-state index contributed by atoms with van der Waals surface area (Å²) in [5, 5.41) is 5.56.